The van der Waals surface area contributed by atoms with Gasteiger partial charge in [0.25, 0.3) is 17.4 Å². The van der Waals surface area contributed by atoms with Crippen molar-refractivity contribution >= 4 is 23.6 Å². The maximum absolute atomic E-state index is 13.6. The number of likely N-dealkylation sites (N-methyl/N-ethyl adjacent to an activating group) is 1. The van der Waals surface area contributed by atoms with Crippen molar-refractivity contribution in [2.45, 2.75) is 19.3 Å². The minimum atomic E-state index is -1.02. The second-order valence-electron chi connectivity index (χ2n) is 10.1. The molecule has 3 heterocycles. The second-order valence-corrected chi connectivity index (χ2v) is 10.1. The Morgan fingerprint density at radius 3 is 2.71 bits per heavy atom. The minimum Gasteiger partial charge on any atom is -0.484 e. The van der Waals surface area contributed by atoms with Gasteiger partial charge in [0.2, 0.25) is 0 Å². The second kappa shape index (κ2) is 12.2. The van der Waals surface area contributed by atoms with Crippen LogP contribution in [0.3, 0.4) is 0 Å². The number of aliphatic imine (C=N–C) groups is 1. The van der Waals surface area contributed by atoms with Crippen LogP contribution < -0.4 is 20.9 Å². The topological polar surface area (TPSA) is 105 Å². The van der Waals surface area contributed by atoms with Gasteiger partial charge in [0, 0.05) is 45.2 Å². The van der Waals surface area contributed by atoms with E-state index in [1.165, 1.54) is 27.8 Å². The van der Waals surface area contributed by atoms with Crippen LogP contribution in [-0.4, -0.2) is 54.4 Å². The summed E-state index contributed by atoms with van der Waals surface area (Å²) in [6.45, 7) is -0.113. The lowest BCUT2D eigenvalue weighted by Crippen LogP contribution is -2.32. The summed E-state index contributed by atoms with van der Waals surface area (Å²) in [6.07, 6.45) is 8.94. The Morgan fingerprint density at radius 2 is 1.93 bits per heavy atom. The maximum Gasteiger partial charge on any atom is 0.263 e. The number of ether oxygens (including phenoxy) is 1. The molecule has 2 amide bonds. The molecule has 0 spiro atoms. The van der Waals surface area contributed by atoms with Gasteiger partial charge in [-0.15, -0.1) is 0 Å². The van der Waals surface area contributed by atoms with E-state index < -0.39 is 23.1 Å². The molecule has 3 aromatic rings. The third-order valence-corrected chi connectivity index (χ3v) is 6.98. The Bertz CT molecular complexity index is 1680. The average molecular weight is 574 g/mol. The van der Waals surface area contributed by atoms with Crippen LogP contribution in [0.2, 0.25) is 0 Å². The van der Waals surface area contributed by atoms with Gasteiger partial charge in [-0.2, -0.15) is 0 Å². The number of carbonyl (C=O) groups is 2. The van der Waals surface area contributed by atoms with Crippen molar-refractivity contribution in [1.82, 2.24) is 20.1 Å². The number of amides is 2. The van der Waals surface area contributed by atoms with Gasteiger partial charge in [0.1, 0.15) is 17.5 Å². The molecule has 2 aliphatic heterocycles. The molecule has 216 valence electrons. The van der Waals surface area contributed by atoms with Gasteiger partial charge in [0.05, 0.1) is 6.54 Å². The summed E-state index contributed by atoms with van der Waals surface area (Å²) in [5, 5.41) is 6.04. The number of nitrogens with one attached hydrogen (secondary N) is 2. The average Bonchev–Trinajstić information content (AvgIpc) is 3.42. The Balaban J connectivity index is 1.35. The van der Waals surface area contributed by atoms with Crippen LogP contribution in [0.1, 0.15) is 27.0 Å². The van der Waals surface area contributed by atoms with E-state index in [2.05, 4.69) is 21.7 Å². The molecule has 9 nitrogen and oxygen atoms in total. The summed E-state index contributed by atoms with van der Waals surface area (Å²) in [5.74, 6) is -2.34. The van der Waals surface area contributed by atoms with Gasteiger partial charge in [-0.3, -0.25) is 19.4 Å². The first kappa shape index (κ1) is 28.5. The van der Waals surface area contributed by atoms with E-state index in [1.54, 1.807) is 32.4 Å². The molecule has 0 radical (unpaired) electrons. The Labute approximate surface area is 240 Å². The zero-order valence-electron chi connectivity index (χ0n) is 23.0. The Kier molecular flexibility index (Phi) is 8.28. The molecule has 2 aromatic carbocycles. The van der Waals surface area contributed by atoms with Crippen molar-refractivity contribution in [3.8, 4) is 5.75 Å². The molecule has 0 bridgehead atoms. The highest BCUT2D eigenvalue weighted by atomic mass is 19.2. The largest absolute Gasteiger partial charge is 0.484 e. The van der Waals surface area contributed by atoms with E-state index in [1.807, 2.05) is 24.4 Å². The van der Waals surface area contributed by atoms with Gasteiger partial charge in [0.15, 0.2) is 18.2 Å². The molecule has 2 atom stereocenters. The number of dihydropyridines is 1. The molecule has 2 aliphatic rings. The zero-order chi connectivity index (χ0) is 29.8. The van der Waals surface area contributed by atoms with Crippen molar-refractivity contribution in [2.24, 2.45) is 10.9 Å². The summed E-state index contributed by atoms with van der Waals surface area (Å²) in [4.78, 5) is 44.2. The predicted molar refractivity (Wildman–Crippen MR) is 154 cm³/mol. The summed E-state index contributed by atoms with van der Waals surface area (Å²) >= 11 is 0. The van der Waals surface area contributed by atoms with Crippen LogP contribution in [0, 0.1) is 17.6 Å². The molecule has 42 heavy (non-hydrogen) atoms. The number of rotatable bonds is 9. The molecule has 2 unspecified atom stereocenters. The standard InChI is InChI=1S/C31H29F2N5O4/c1-37(2)28(39)18-42-22-12-20(11-21(14-22)25-16-35-29-23(25)5-3-9-34-29)15-36-30(40)24-6-4-10-38(31(24)41)17-19-7-8-26(32)27(33)13-19/h3-14,16,23,29,35H,15,17-18H2,1-2H3,(H,36,40). The zero-order valence-corrected chi connectivity index (χ0v) is 23.0. The van der Waals surface area contributed by atoms with Crippen LogP contribution in [0.25, 0.3) is 5.57 Å². The third kappa shape index (κ3) is 6.30. The smallest absolute Gasteiger partial charge is 0.263 e. The van der Waals surface area contributed by atoms with Crippen molar-refractivity contribution < 1.29 is 23.1 Å². The lowest BCUT2D eigenvalue weighted by atomic mass is 9.91. The fourth-order valence-electron chi connectivity index (χ4n) is 4.71. The molecule has 0 aliphatic carbocycles. The number of nitrogens with zero attached hydrogens (tertiary/aromatic N) is 3. The highest BCUT2D eigenvalue weighted by Crippen LogP contribution is 2.35. The van der Waals surface area contributed by atoms with Gasteiger partial charge in [-0.05, 0) is 70.8 Å². The number of halogens is 2. The third-order valence-electron chi connectivity index (χ3n) is 6.98. The molecule has 0 saturated heterocycles. The summed E-state index contributed by atoms with van der Waals surface area (Å²) < 4.78 is 34.0. The number of pyridine rings is 1. The molecule has 0 fully saturated rings. The van der Waals surface area contributed by atoms with E-state index in [4.69, 9.17) is 4.74 Å². The highest BCUT2D eigenvalue weighted by molar-refractivity contribution is 5.93. The maximum atomic E-state index is 13.6. The molecule has 2 N–H and O–H groups in total. The van der Waals surface area contributed by atoms with E-state index in [0.717, 1.165) is 23.3 Å². The minimum absolute atomic E-state index is 0.00784. The fourth-order valence-corrected chi connectivity index (χ4v) is 4.71. The fraction of sp³-hybridized carbons (Fsp3) is 0.226. The number of carbonyl (C=O) groups excluding carboxylic acids is 2. The monoisotopic (exact) mass is 573 g/mol. The Hall–Kier alpha value is -5.06. The molecular weight excluding hydrogens is 544 g/mol. The van der Waals surface area contributed by atoms with Gasteiger partial charge in [-0.25, -0.2) is 8.78 Å². The predicted octanol–water partition coefficient (Wildman–Crippen LogP) is 3.10. The van der Waals surface area contributed by atoms with Crippen molar-refractivity contribution in [1.29, 1.82) is 0 Å². The van der Waals surface area contributed by atoms with Gasteiger partial charge < -0.3 is 24.8 Å². The van der Waals surface area contributed by atoms with Gasteiger partial charge in [-0.1, -0.05) is 12.1 Å². The Morgan fingerprint density at radius 1 is 1.10 bits per heavy atom. The van der Waals surface area contributed by atoms with E-state index in [9.17, 15) is 23.2 Å². The number of aromatic nitrogens is 1. The summed E-state index contributed by atoms with van der Waals surface area (Å²) in [5.41, 5.74) is 2.22. The summed E-state index contributed by atoms with van der Waals surface area (Å²) in [7, 11) is 3.29. The quantitative estimate of drug-likeness (QED) is 0.410. The van der Waals surface area contributed by atoms with Crippen molar-refractivity contribution in [3.63, 3.8) is 0 Å². The van der Waals surface area contributed by atoms with Crippen LogP contribution in [0.15, 0.2) is 82.9 Å². The first-order chi connectivity index (χ1) is 20.2. The lowest BCUT2D eigenvalue weighted by molar-refractivity contribution is -0.130. The highest BCUT2D eigenvalue weighted by Gasteiger charge is 2.29. The number of fused-ring (bicyclic) bond motifs is 1. The van der Waals surface area contributed by atoms with Crippen LogP contribution in [-0.2, 0) is 17.9 Å². The number of allylic oxidation sites excluding steroid dienone is 1. The van der Waals surface area contributed by atoms with Crippen molar-refractivity contribution in [2.75, 3.05) is 20.7 Å². The number of hydrogen-bond donors (Lipinski definition) is 2. The van der Waals surface area contributed by atoms with Crippen LogP contribution >= 0.6 is 0 Å². The van der Waals surface area contributed by atoms with E-state index in [-0.39, 0.29) is 43.3 Å². The molecule has 0 saturated carbocycles. The van der Waals surface area contributed by atoms with Gasteiger partial charge >= 0.3 is 0 Å². The van der Waals surface area contributed by atoms with E-state index in [0.29, 0.717) is 16.9 Å². The van der Waals surface area contributed by atoms with Crippen molar-refractivity contribution in [3.05, 3.63) is 117 Å². The molecule has 11 heteroatoms. The normalized spacial score (nSPS) is 16.8. The summed E-state index contributed by atoms with van der Waals surface area (Å²) in [6, 6.07) is 11.8. The molecular formula is C31H29F2N5O4. The SMILES string of the molecule is CN(C)C(=O)COc1cc(CNC(=O)c2cccn(Cc3ccc(F)c(F)c3)c2=O)cc(C2=CNC3N=CC=CC23)c1. The molecule has 5 rings (SSSR count). The number of hydrogen-bond acceptors (Lipinski definition) is 6. The molecule has 1 aromatic heterocycles. The van der Waals surface area contributed by atoms with Crippen LogP contribution in [0.4, 0.5) is 8.78 Å². The lowest BCUT2D eigenvalue weighted by Gasteiger charge is -2.19. The number of benzene rings is 2. The van der Waals surface area contributed by atoms with Crippen LogP contribution in [0.5, 0.6) is 5.75 Å². The first-order valence-corrected chi connectivity index (χ1v) is 13.2. The first-order valence-electron chi connectivity index (χ1n) is 13.2. The van der Waals surface area contributed by atoms with E-state index >= 15 is 0 Å².